The summed E-state index contributed by atoms with van der Waals surface area (Å²) < 4.78 is 41.3. The molecule has 1 aliphatic heterocycles. The molecule has 1 aromatic carbocycles. The summed E-state index contributed by atoms with van der Waals surface area (Å²) in [5.41, 5.74) is 6.03. The van der Waals surface area contributed by atoms with Crippen LogP contribution in [-0.4, -0.2) is 35.5 Å². The lowest BCUT2D eigenvalue weighted by Gasteiger charge is -2.32. The number of halogens is 3. The van der Waals surface area contributed by atoms with Gasteiger partial charge in [-0.3, -0.25) is 0 Å². The molecule has 0 bridgehead atoms. The highest BCUT2D eigenvalue weighted by Gasteiger charge is 2.33. The summed E-state index contributed by atoms with van der Waals surface area (Å²) in [5.74, 6) is -0.188. The Morgan fingerprint density at radius 1 is 1.29 bits per heavy atom. The van der Waals surface area contributed by atoms with Crippen LogP contribution >= 0.6 is 0 Å². The molecule has 1 aromatic rings. The normalized spacial score (nSPS) is 17.9. The number of hydrogen-bond acceptors (Lipinski definition) is 3. The number of ether oxygens (including phenoxy) is 1. The summed E-state index contributed by atoms with van der Waals surface area (Å²) in [6.07, 6.45) is -3.49. The molecule has 116 valence electrons. The second kappa shape index (κ2) is 6.11. The minimum atomic E-state index is -4.70. The van der Waals surface area contributed by atoms with Gasteiger partial charge in [0.05, 0.1) is 0 Å². The number of oxime groups is 1. The molecule has 0 spiro atoms. The first kappa shape index (κ1) is 15.3. The van der Waals surface area contributed by atoms with Crippen LogP contribution in [0.4, 0.5) is 13.2 Å². The second-order valence-corrected chi connectivity index (χ2v) is 4.81. The Bertz CT molecular complexity index is 512. The number of rotatable bonds is 2. The number of hydrogen-bond donors (Lipinski definition) is 2. The highest BCUT2D eigenvalue weighted by molar-refractivity contribution is 5.77. The molecule has 5 nitrogen and oxygen atoms in total. The lowest BCUT2D eigenvalue weighted by Crippen LogP contribution is -2.42. The van der Waals surface area contributed by atoms with Gasteiger partial charge in [0.2, 0.25) is 5.96 Å². The number of likely N-dealkylation sites (tertiary alicyclic amines) is 1. The third-order valence-electron chi connectivity index (χ3n) is 3.51. The fourth-order valence-electron chi connectivity index (χ4n) is 2.52. The van der Waals surface area contributed by atoms with Crippen LogP contribution in [0.25, 0.3) is 0 Å². The Balaban J connectivity index is 2.10. The zero-order valence-corrected chi connectivity index (χ0v) is 11.2. The maximum absolute atomic E-state index is 12.4. The van der Waals surface area contributed by atoms with Gasteiger partial charge in [0.1, 0.15) is 5.75 Å². The Labute approximate surface area is 119 Å². The van der Waals surface area contributed by atoms with Gasteiger partial charge in [0.15, 0.2) is 0 Å². The van der Waals surface area contributed by atoms with Crippen molar-refractivity contribution in [2.75, 3.05) is 13.1 Å². The Morgan fingerprint density at radius 2 is 1.90 bits per heavy atom. The monoisotopic (exact) mass is 303 g/mol. The first-order valence-corrected chi connectivity index (χ1v) is 6.48. The Kier molecular flexibility index (Phi) is 4.44. The van der Waals surface area contributed by atoms with E-state index in [2.05, 4.69) is 9.89 Å². The van der Waals surface area contributed by atoms with Gasteiger partial charge in [0.25, 0.3) is 0 Å². The van der Waals surface area contributed by atoms with E-state index >= 15 is 0 Å². The maximum atomic E-state index is 12.4. The topological polar surface area (TPSA) is 71.1 Å². The van der Waals surface area contributed by atoms with Crippen LogP contribution in [0.3, 0.4) is 0 Å². The molecular formula is C13H16F3N3O2. The van der Waals surface area contributed by atoms with Gasteiger partial charge in [-0.2, -0.15) is 0 Å². The summed E-state index contributed by atoms with van der Waals surface area (Å²) in [4.78, 5) is 1.68. The first-order chi connectivity index (χ1) is 9.90. The van der Waals surface area contributed by atoms with E-state index in [-0.39, 0.29) is 17.6 Å². The molecule has 0 amide bonds. The third-order valence-corrected chi connectivity index (χ3v) is 3.51. The number of piperidine rings is 1. The van der Waals surface area contributed by atoms with Crippen LogP contribution in [0.5, 0.6) is 5.75 Å². The smallest absolute Gasteiger partial charge is 0.408 e. The number of alkyl halides is 3. The van der Waals surface area contributed by atoms with Gasteiger partial charge in [-0.15, -0.1) is 13.2 Å². The van der Waals surface area contributed by atoms with E-state index in [1.165, 1.54) is 12.1 Å². The van der Waals surface area contributed by atoms with E-state index in [0.29, 0.717) is 31.5 Å². The predicted molar refractivity (Wildman–Crippen MR) is 70.1 cm³/mol. The number of guanidine groups is 1. The van der Waals surface area contributed by atoms with Crippen LogP contribution in [0.2, 0.25) is 0 Å². The summed E-state index contributed by atoms with van der Waals surface area (Å²) in [7, 11) is 0. The van der Waals surface area contributed by atoms with Gasteiger partial charge in [-0.1, -0.05) is 23.4 Å². The van der Waals surface area contributed by atoms with Crippen molar-refractivity contribution in [2.45, 2.75) is 25.1 Å². The lowest BCUT2D eigenvalue weighted by atomic mass is 9.89. The number of nitrogens with two attached hydrogens (primary N) is 1. The molecule has 3 N–H and O–H groups in total. The van der Waals surface area contributed by atoms with E-state index in [1.54, 1.807) is 17.0 Å². The standard InChI is InChI=1S/C13H16F3N3O2/c14-13(15,16)21-11-4-2-1-3-10(11)9-5-7-19(8-6-9)12(17)18-20/h1-4,9,20H,5-8H2,(H2,17,18). The van der Waals surface area contributed by atoms with Crippen LogP contribution < -0.4 is 10.5 Å². The molecule has 1 heterocycles. The third kappa shape index (κ3) is 3.93. The molecule has 0 saturated carbocycles. The molecule has 0 unspecified atom stereocenters. The van der Waals surface area contributed by atoms with E-state index in [1.807, 2.05) is 0 Å². The van der Waals surface area contributed by atoms with Gasteiger partial charge in [-0.05, 0) is 30.4 Å². The molecule has 0 radical (unpaired) electrons. The average molecular weight is 303 g/mol. The van der Waals surface area contributed by atoms with Crippen LogP contribution in [0, 0.1) is 0 Å². The second-order valence-electron chi connectivity index (χ2n) is 4.81. The fraction of sp³-hybridized carbons (Fsp3) is 0.462. The van der Waals surface area contributed by atoms with Gasteiger partial charge in [0, 0.05) is 13.1 Å². The lowest BCUT2D eigenvalue weighted by molar-refractivity contribution is -0.275. The molecule has 1 fully saturated rings. The molecule has 21 heavy (non-hydrogen) atoms. The molecular weight excluding hydrogens is 287 g/mol. The van der Waals surface area contributed by atoms with Crippen molar-refractivity contribution in [3.05, 3.63) is 29.8 Å². The van der Waals surface area contributed by atoms with Crippen molar-refractivity contribution in [1.82, 2.24) is 4.90 Å². The van der Waals surface area contributed by atoms with Gasteiger partial charge < -0.3 is 20.6 Å². The SMILES string of the molecule is N/C(=N\O)N1CCC(c2ccccc2OC(F)(F)F)CC1. The summed E-state index contributed by atoms with van der Waals surface area (Å²) in [6.45, 7) is 1.03. The molecule has 2 rings (SSSR count). The Hall–Kier alpha value is -2.12. The highest BCUT2D eigenvalue weighted by atomic mass is 19.4. The van der Waals surface area contributed by atoms with Crippen molar-refractivity contribution in [1.29, 1.82) is 0 Å². The summed E-state index contributed by atoms with van der Waals surface area (Å²) in [5, 5.41) is 11.5. The number of benzene rings is 1. The number of nitrogens with zero attached hydrogens (tertiary/aromatic N) is 2. The zero-order chi connectivity index (χ0) is 15.5. The maximum Gasteiger partial charge on any atom is 0.573 e. The van der Waals surface area contributed by atoms with E-state index in [4.69, 9.17) is 10.9 Å². The number of para-hydroxylation sites is 1. The molecule has 0 aromatic heterocycles. The zero-order valence-electron chi connectivity index (χ0n) is 11.2. The van der Waals surface area contributed by atoms with Crippen molar-refractivity contribution >= 4 is 5.96 Å². The first-order valence-electron chi connectivity index (χ1n) is 6.48. The molecule has 1 saturated heterocycles. The van der Waals surface area contributed by atoms with Gasteiger partial charge in [-0.25, -0.2) is 0 Å². The largest absolute Gasteiger partial charge is 0.573 e. The highest BCUT2D eigenvalue weighted by Crippen LogP contribution is 2.36. The minimum absolute atomic E-state index is 0.0216. The van der Waals surface area contributed by atoms with Crippen LogP contribution in [0.1, 0.15) is 24.3 Å². The predicted octanol–water partition coefficient (Wildman–Crippen LogP) is 2.47. The van der Waals surface area contributed by atoms with E-state index < -0.39 is 6.36 Å². The van der Waals surface area contributed by atoms with Crippen LogP contribution in [0.15, 0.2) is 29.4 Å². The molecule has 0 aliphatic carbocycles. The van der Waals surface area contributed by atoms with E-state index in [9.17, 15) is 13.2 Å². The molecule has 1 aliphatic rings. The van der Waals surface area contributed by atoms with E-state index in [0.717, 1.165) is 0 Å². The quantitative estimate of drug-likeness (QED) is 0.381. The van der Waals surface area contributed by atoms with Crippen molar-refractivity contribution in [2.24, 2.45) is 10.9 Å². The van der Waals surface area contributed by atoms with Crippen molar-refractivity contribution in [3.63, 3.8) is 0 Å². The molecule has 0 atom stereocenters. The summed E-state index contributed by atoms with van der Waals surface area (Å²) in [6, 6.07) is 6.16. The van der Waals surface area contributed by atoms with Crippen molar-refractivity contribution in [3.8, 4) is 5.75 Å². The van der Waals surface area contributed by atoms with Gasteiger partial charge >= 0.3 is 6.36 Å². The van der Waals surface area contributed by atoms with Crippen LogP contribution in [-0.2, 0) is 0 Å². The summed E-state index contributed by atoms with van der Waals surface area (Å²) >= 11 is 0. The van der Waals surface area contributed by atoms with Crippen molar-refractivity contribution < 1.29 is 23.1 Å². The average Bonchev–Trinajstić information content (AvgIpc) is 2.45. The fourth-order valence-corrected chi connectivity index (χ4v) is 2.52. The minimum Gasteiger partial charge on any atom is -0.408 e. The Morgan fingerprint density at radius 3 is 2.48 bits per heavy atom. The molecule has 8 heteroatoms.